The largest absolute Gasteiger partial charge is 0.475 e. The van der Waals surface area contributed by atoms with Crippen molar-refractivity contribution in [3.05, 3.63) is 35.6 Å². The number of carbonyl (C=O) groups is 1. The van der Waals surface area contributed by atoms with E-state index >= 15 is 0 Å². The van der Waals surface area contributed by atoms with Gasteiger partial charge in [-0.2, -0.15) is 0 Å². The van der Waals surface area contributed by atoms with Gasteiger partial charge in [0.1, 0.15) is 15.4 Å². The molecule has 1 unspecified atom stereocenters. The molecule has 2 rings (SSSR count). The monoisotopic (exact) mass is 311 g/mol. The molecule has 6 nitrogen and oxygen atoms in total. The third-order valence-corrected chi connectivity index (χ3v) is 4.10. The number of hydrogen-bond acceptors (Lipinski definition) is 5. The molecule has 1 aromatic heterocycles. The van der Waals surface area contributed by atoms with Gasteiger partial charge >= 0.3 is 5.97 Å². The van der Waals surface area contributed by atoms with E-state index in [0.29, 0.717) is 17.5 Å². The zero-order chi connectivity index (χ0) is 15.6. The summed E-state index contributed by atoms with van der Waals surface area (Å²) in [6.07, 6.45) is 1.20. The first-order valence-electron chi connectivity index (χ1n) is 6.41. The lowest BCUT2D eigenvalue weighted by Gasteiger charge is -2.12. The summed E-state index contributed by atoms with van der Waals surface area (Å²) in [5, 5.41) is 12.7. The molecular weight excluding hydrogens is 294 g/mol. The highest BCUT2D eigenvalue weighted by Crippen LogP contribution is 2.20. The average Bonchev–Trinajstić information content (AvgIpc) is 2.77. The fourth-order valence-corrected chi connectivity index (χ4v) is 3.14. The highest BCUT2D eigenvalue weighted by molar-refractivity contribution is 7.90. The second kappa shape index (κ2) is 5.87. The first-order valence-corrected chi connectivity index (χ1v) is 8.47. The standard InChI is InChI=1S/C14H17NO5S/c1-9(8-21(2,18)19)15-7-10-3-4-12-11(5-10)6-13(20-12)14(16)17/h3-6,9,15H,7-8H2,1-2H3,(H,16,17). The number of hydrogen-bond donors (Lipinski definition) is 2. The zero-order valence-electron chi connectivity index (χ0n) is 11.8. The number of benzene rings is 1. The summed E-state index contributed by atoms with van der Waals surface area (Å²) in [4.78, 5) is 10.8. The lowest BCUT2D eigenvalue weighted by molar-refractivity contribution is 0.0665. The van der Waals surface area contributed by atoms with Crippen molar-refractivity contribution in [2.45, 2.75) is 19.5 Å². The van der Waals surface area contributed by atoms with Gasteiger partial charge in [0.2, 0.25) is 5.76 Å². The minimum Gasteiger partial charge on any atom is -0.475 e. The van der Waals surface area contributed by atoms with Gasteiger partial charge in [0.05, 0.1) is 5.75 Å². The molecule has 0 saturated heterocycles. The van der Waals surface area contributed by atoms with Crippen LogP contribution < -0.4 is 5.32 Å². The van der Waals surface area contributed by atoms with Gasteiger partial charge in [0, 0.05) is 24.2 Å². The Hall–Kier alpha value is -1.86. The molecule has 1 heterocycles. The normalized spacial score (nSPS) is 13.4. The molecule has 2 aromatic rings. The van der Waals surface area contributed by atoms with Crippen LogP contribution in [0.2, 0.25) is 0 Å². The number of rotatable bonds is 6. The predicted molar refractivity (Wildman–Crippen MR) is 79.2 cm³/mol. The SMILES string of the molecule is CC(CS(C)(=O)=O)NCc1ccc2oc(C(=O)O)cc2c1. The van der Waals surface area contributed by atoms with Crippen molar-refractivity contribution in [3.63, 3.8) is 0 Å². The summed E-state index contributed by atoms with van der Waals surface area (Å²) in [5.41, 5.74) is 1.45. The Morgan fingerprint density at radius 3 is 2.71 bits per heavy atom. The third-order valence-electron chi connectivity index (χ3n) is 3.00. The lowest BCUT2D eigenvalue weighted by atomic mass is 10.1. The predicted octanol–water partition coefficient (Wildman–Crippen LogP) is 1.65. The third kappa shape index (κ3) is 4.30. The molecule has 0 fully saturated rings. The number of aromatic carboxylic acids is 1. The fraction of sp³-hybridized carbons (Fsp3) is 0.357. The number of furan rings is 1. The van der Waals surface area contributed by atoms with Gasteiger partial charge in [0.25, 0.3) is 0 Å². The first kappa shape index (κ1) is 15.5. The van der Waals surface area contributed by atoms with Crippen molar-refractivity contribution >= 4 is 26.8 Å². The Kier molecular flexibility index (Phi) is 4.34. The van der Waals surface area contributed by atoms with E-state index in [2.05, 4.69) is 5.32 Å². The molecule has 114 valence electrons. The highest BCUT2D eigenvalue weighted by atomic mass is 32.2. The van der Waals surface area contributed by atoms with Gasteiger partial charge in [-0.25, -0.2) is 13.2 Å². The first-order chi connectivity index (χ1) is 9.74. The smallest absolute Gasteiger partial charge is 0.371 e. The van der Waals surface area contributed by atoms with Gasteiger partial charge in [-0.05, 0) is 30.7 Å². The van der Waals surface area contributed by atoms with Crippen molar-refractivity contribution in [3.8, 4) is 0 Å². The van der Waals surface area contributed by atoms with Crippen LogP contribution in [-0.4, -0.2) is 37.5 Å². The molecule has 0 amide bonds. The second-order valence-corrected chi connectivity index (χ2v) is 7.35. The van der Waals surface area contributed by atoms with Crippen molar-refractivity contribution in [1.82, 2.24) is 5.32 Å². The van der Waals surface area contributed by atoms with Gasteiger partial charge < -0.3 is 14.8 Å². The second-order valence-electron chi connectivity index (χ2n) is 5.16. The summed E-state index contributed by atoms with van der Waals surface area (Å²) >= 11 is 0. The van der Waals surface area contributed by atoms with Crippen molar-refractivity contribution in [2.24, 2.45) is 0 Å². The van der Waals surface area contributed by atoms with Gasteiger partial charge in [-0.15, -0.1) is 0 Å². The number of nitrogens with one attached hydrogen (secondary N) is 1. The maximum atomic E-state index is 11.2. The molecule has 0 aliphatic carbocycles. The molecular formula is C14H17NO5S. The molecule has 21 heavy (non-hydrogen) atoms. The van der Waals surface area contributed by atoms with E-state index in [4.69, 9.17) is 9.52 Å². The molecule has 2 N–H and O–H groups in total. The maximum absolute atomic E-state index is 11.2. The fourth-order valence-electron chi connectivity index (χ4n) is 2.11. The van der Waals surface area contributed by atoms with Crippen LogP contribution in [0.15, 0.2) is 28.7 Å². The minimum atomic E-state index is -3.01. The van der Waals surface area contributed by atoms with Crippen LogP contribution in [0.25, 0.3) is 11.0 Å². The Labute approximate surface area is 122 Å². The molecule has 0 radical (unpaired) electrons. The molecule has 0 spiro atoms. The highest BCUT2D eigenvalue weighted by Gasteiger charge is 2.12. The zero-order valence-corrected chi connectivity index (χ0v) is 12.6. The van der Waals surface area contributed by atoms with Crippen LogP contribution in [-0.2, 0) is 16.4 Å². The van der Waals surface area contributed by atoms with E-state index in [1.54, 1.807) is 13.0 Å². The molecule has 0 aliphatic rings. The molecule has 1 aromatic carbocycles. The Morgan fingerprint density at radius 2 is 2.10 bits per heavy atom. The van der Waals surface area contributed by atoms with E-state index in [9.17, 15) is 13.2 Å². The Morgan fingerprint density at radius 1 is 1.38 bits per heavy atom. The summed E-state index contributed by atoms with van der Waals surface area (Å²) in [7, 11) is -3.01. The van der Waals surface area contributed by atoms with Crippen molar-refractivity contribution < 1.29 is 22.7 Å². The maximum Gasteiger partial charge on any atom is 0.371 e. The summed E-state index contributed by atoms with van der Waals surface area (Å²) in [5.74, 6) is -1.13. The molecule has 0 saturated carbocycles. The Bertz CT molecular complexity index is 763. The van der Waals surface area contributed by atoms with E-state index < -0.39 is 15.8 Å². The van der Waals surface area contributed by atoms with Crippen LogP contribution in [0.5, 0.6) is 0 Å². The van der Waals surface area contributed by atoms with Gasteiger partial charge in [0.15, 0.2) is 0 Å². The molecule has 0 aliphatic heterocycles. The molecule has 0 bridgehead atoms. The Balaban J connectivity index is 2.07. The number of sulfone groups is 1. The van der Waals surface area contributed by atoms with E-state index in [1.807, 2.05) is 12.1 Å². The average molecular weight is 311 g/mol. The number of carboxylic acid groups (broad SMARTS) is 1. The van der Waals surface area contributed by atoms with Gasteiger partial charge in [-0.3, -0.25) is 0 Å². The van der Waals surface area contributed by atoms with E-state index in [1.165, 1.54) is 12.3 Å². The van der Waals surface area contributed by atoms with E-state index in [0.717, 1.165) is 5.56 Å². The minimum absolute atomic E-state index is 0.0735. The van der Waals surface area contributed by atoms with Gasteiger partial charge in [-0.1, -0.05) is 6.07 Å². The van der Waals surface area contributed by atoms with Crippen LogP contribution in [0.1, 0.15) is 23.0 Å². The van der Waals surface area contributed by atoms with Crippen LogP contribution in [0.3, 0.4) is 0 Å². The quantitative estimate of drug-likeness (QED) is 0.842. The summed E-state index contributed by atoms with van der Waals surface area (Å²) in [6.45, 7) is 2.31. The van der Waals surface area contributed by atoms with Crippen LogP contribution in [0.4, 0.5) is 0 Å². The van der Waals surface area contributed by atoms with Crippen molar-refractivity contribution in [1.29, 1.82) is 0 Å². The lowest BCUT2D eigenvalue weighted by Crippen LogP contribution is -2.32. The van der Waals surface area contributed by atoms with E-state index in [-0.39, 0.29) is 17.6 Å². The van der Waals surface area contributed by atoms with Crippen LogP contribution in [0, 0.1) is 0 Å². The summed E-state index contributed by atoms with van der Waals surface area (Å²) < 4.78 is 27.5. The van der Waals surface area contributed by atoms with Crippen molar-refractivity contribution in [2.75, 3.05) is 12.0 Å². The summed E-state index contributed by atoms with van der Waals surface area (Å²) in [6, 6.07) is 6.67. The molecule has 7 heteroatoms. The topological polar surface area (TPSA) is 96.6 Å². The number of fused-ring (bicyclic) bond motifs is 1. The number of carboxylic acids is 1. The molecule has 1 atom stereocenters. The van der Waals surface area contributed by atoms with Crippen LogP contribution >= 0.6 is 0 Å².